The lowest BCUT2D eigenvalue weighted by molar-refractivity contribution is 0.0602. The van der Waals surface area contributed by atoms with Crippen LogP contribution in [-0.2, 0) is 4.74 Å². The Morgan fingerprint density at radius 2 is 1.86 bits per heavy atom. The van der Waals surface area contributed by atoms with Gasteiger partial charge in [0.2, 0.25) is 0 Å². The molecule has 1 N–H and O–H groups in total. The van der Waals surface area contributed by atoms with Gasteiger partial charge in [-0.3, -0.25) is 0 Å². The standard InChI is InChI=1S/C14H9BrN4O2/c1-8-3-12(10(4-11(8)15)14(20)21-2)19-13(7-18)9(5-16)6-17/h3-4,19H,1-2H3. The SMILES string of the molecule is COC(=O)c1cc(Br)c(C)cc1NC(C#N)=C(C#N)C#N. The minimum Gasteiger partial charge on any atom is -0.465 e. The van der Waals surface area contributed by atoms with E-state index in [-0.39, 0.29) is 22.5 Å². The summed E-state index contributed by atoms with van der Waals surface area (Å²) >= 11 is 3.30. The normalized spacial score (nSPS) is 8.76. The van der Waals surface area contributed by atoms with Crippen LogP contribution < -0.4 is 5.32 Å². The Morgan fingerprint density at radius 1 is 1.24 bits per heavy atom. The molecule has 0 saturated heterocycles. The Kier molecular flexibility index (Phi) is 5.48. The van der Waals surface area contributed by atoms with Crippen LogP contribution >= 0.6 is 15.9 Å². The van der Waals surface area contributed by atoms with Crippen molar-refractivity contribution in [3.63, 3.8) is 0 Å². The van der Waals surface area contributed by atoms with Crippen molar-refractivity contribution in [2.45, 2.75) is 6.92 Å². The lowest BCUT2D eigenvalue weighted by Crippen LogP contribution is -2.09. The number of rotatable bonds is 3. The fraction of sp³-hybridized carbons (Fsp3) is 0.143. The van der Waals surface area contributed by atoms with Gasteiger partial charge in [-0.15, -0.1) is 0 Å². The number of hydrogen-bond donors (Lipinski definition) is 1. The van der Waals surface area contributed by atoms with E-state index in [2.05, 4.69) is 26.0 Å². The van der Waals surface area contributed by atoms with Gasteiger partial charge >= 0.3 is 5.97 Å². The van der Waals surface area contributed by atoms with E-state index >= 15 is 0 Å². The number of carbonyl (C=O) groups is 1. The van der Waals surface area contributed by atoms with Crippen molar-refractivity contribution in [1.29, 1.82) is 15.8 Å². The molecule has 0 heterocycles. The van der Waals surface area contributed by atoms with E-state index in [9.17, 15) is 4.79 Å². The Labute approximate surface area is 130 Å². The Hall–Kier alpha value is -2.82. The van der Waals surface area contributed by atoms with E-state index in [0.29, 0.717) is 4.47 Å². The number of nitriles is 3. The molecule has 0 fully saturated rings. The molecular formula is C14H9BrN4O2. The minimum atomic E-state index is -0.606. The molecule has 1 aromatic rings. The fourth-order valence-corrected chi connectivity index (χ4v) is 1.82. The molecule has 0 bridgehead atoms. The summed E-state index contributed by atoms with van der Waals surface area (Å²) in [6.45, 7) is 1.79. The average molecular weight is 345 g/mol. The number of aryl methyl sites for hydroxylation is 1. The van der Waals surface area contributed by atoms with Crippen LogP contribution in [0.25, 0.3) is 0 Å². The summed E-state index contributed by atoms with van der Waals surface area (Å²) in [4.78, 5) is 11.8. The minimum absolute atomic E-state index is 0.179. The van der Waals surface area contributed by atoms with Crippen LogP contribution in [0.2, 0.25) is 0 Å². The van der Waals surface area contributed by atoms with Gasteiger partial charge in [-0.05, 0) is 24.6 Å². The number of methoxy groups -OCH3 is 1. The van der Waals surface area contributed by atoms with Crippen LogP contribution in [0, 0.1) is 40.9 Å². The van der Waals surface area contributed by atoms with Crippen molar-refractivity contribution >= 4 is 27.6 Å². The van der Waals surface area contributed by atoms with Gasteiger partial charge in [0, 0.05) is 4.47 Å². The zero-order valence-electron chi connectivity index (χ0n) is 11.2. The molecule has 0 amide bonds. The number of allylic oxidation sites excluding steroid dienone is 2. The topological polar surface area (TPSA) is 110 Å². The summed E-state index contributed by atoms with van der Waals surface area (Å²) in [6.07, 6.45) is 0. The predicted molar refractivity (Wildman–Crippen MR) is 77.7 cm³/mol. The quantitative estimate of drug-likeness (QED) is 0.666. The lowest BCUT2D eigenvalue weighted by Gasteiger charge is -2.12. The monoisotopic (exact) mass is 344 g/mol. The van der Waals surface area contributed by atoms with Crippen molar-refractivity contribution in [1.82, 2.24) is 0 Å². The second-order valence-corrected chi connectivity index (χ2v) is 4.70. The Morgan fingerprint density at radius 3 is 2.33 bits per heavy atom. The highest BCUT2D eigenvalue weighted by molar-refractivity contribution is 9.10. The van der Waals surface area contributed by atoms with Crippen LogP contribution in [0.4, 0.5) is 5.69 Å². The van der Waals surface area contributed by atoms with Gasteiger partial charge in [0.1, 0.15) is 23.9 Å². The van der Waals surface area contributed by atoms with E-state index in [1.54, 1.807) is 31.2 Å². The zero-order valence-corrected chi connectivity index (χ0v) is 12.8. The molecule has 0 spiro atoms. The van der Waals surface area contributed by atoms with Crippen molar-refractivity contribution in [3.05, 3.63) is 39.0 Å². The number of halogens is 1. The number of ether oxygens (including phenoxy) is 1. The number of nitrogens with zero attached hydrogens (tertiary/aromatic N) is 3. The van der Waals surface area contributed by atoms with Crippen molar-refractivity contribution in [3.8, 4) is 18.2 Å². The fourth-order valence-electron chi connectivity index (χ4n) is 1.48. The maximum atomic E-state index is 11.8. The van der Waals surface area contributed by atoms with Gasteiger partial charge in [-0.2, -0.15) is 15.8 Å². The first-order chi connectivity index (χ1) is 9.98. The number of nitrogens with one attached hydrogen (secondary N) is 1. The summed E-state index contributed by atoms with van der Waals surface area (Å²) in [6, 6.07) is 8.12. The molecule has 7 heteroatoms. The second-order valence-electron chi connectivity index (χ2n) is 3.85. The first-order valence-electron chi connectivity index (χ1n) is 5.58. The highest BCUT2D eigenvalue weighted by atomic mass is 79.9. The second kappa shape index (κ2) is 7.09. The number of hydrogen-bond acceptors (Lipinski definition) is 6. The van der Waals surface area contributed by atoms with Gasteiger partial charge < -0.3 is 10.1 Å². The van der Waals surface area contributed by atoms with E-state index in [1.165, 1.54) is 13.2 Å². The largest absolute Gasteiger partial charge is 0.465 e. The third-order valence-corrected chi connectivity index (χ3v) is 3.40. The van der Waals surface area contributed by atoms with E-state index in [0.717, 1.165) is 5.56 Å². The first-order valence-corrected chi connectivity index (χ1v) is 6.37. The summed E-state index contributed by atoms with van der Waals surface area (Å²) in [7, 11) is 1.23. The molecule has 0 atom stereocenters. The molecule has 1 aromatic carbocycles. The molecular weight excluding hydrogens is 336 g/mol. The van der Waals surface area contributed by atoms with Crippen LogP contribution in [0.1, 0.15) is 15.9 Å². The number of anilines is 1. The van der Waals surface area contributed by atoms with Gasteiger partial charge in [0.05, 0.1) is 18.4 Å². The zero-order chi connectivity index (χ0) is 16.0. The number of carbonyl (C=O) groups excluding carboxylic acids is 1. The summed E-state index contributed by atoms with van der Waals surface area (Å²) in [5.41, 5.74) is 0.665. The van der Waals surface area contributed by atoms with Crippen LogP contribution in [-0.4, -0.2) is 13.1 Å². The summed E-state index contributed by atoms with van der Waals surface area (Å²) < 4.78 is 5.36. The molecule has 0 aromatic heterocycles. The molecule has 0 aliphatic rings. The molecule has 0 aliphatic heterocycles. The van der Waals surface area contributed by atoms with Crippen LogP contribution in [0.5, 0.6) is 0 Å². The molecule has 0 unspecified atom stereocenters. The number of esters is 1. The van der Waals surface area contributed by atoms with Crippen LogP contribution in [0.3, 0.4) is 0 Å². The summed E-state index contributed by atoms with van der Waals surface area (Å²) in [5, 5.41) is 29.3. The van der Waals surface area contributed by atoms with E-state index in [1.807, 2.05) is 0 Å². The van der Waals surface area contributed by atoms with E-state index < -0.39 is 5.97 Å². The maximum absolute atomic E-state index is 11.8. The molecule has 6 nitrogen and oxygen atoms in total. The molecule has 104 valence electrons. The third-order valence-electron chi connectivity index (χ3n) is 2.55. The highest BCUT2D eigenvalue weighted by Crippen LogP contribution is 2.27. The predicted octanol–water partition coefficient (Wildman–Crippen LogP) is 2.78. The maximum Gasteiger partial charge on any atom is 0.340 e. The van der Waals surface area contributed by atoms with Gasteiger partial charge in [-0.25, -0.2) is 4.79 Å². The van der Waals surface area contributed by atoms with Gasteiger partial charge in [0.25, 0.3) is 0 Å². The smallest absolute Gasteiger partial charge is 0.340 e. The van der Waals surface area contributed by atoms with Crippen molar-refractivity contribution in [2.75, 3.05) is 12.4 Å². The summed E-state index contributed by atoms with van der Waals surface area (Å²) in [5.74, 6) is -0.606. The Balaban J connectivity index is 3.45. The Bertz CT molecular complexity index is 732. The molecule has 0 aliphatic carbocycles. The first kappa shape index (κ1) is 16.2. The lowest BCUT2D eigenvalue weighted by atomic mass is 10.1. The molecule has 0 radical (unpaired) electrons. The van der Waals surface area contributed by atoms with Crippen molar-refractivity contribution in [2.24, 2.45) is 0 Å². The number of benzene rings is 1. The van der Waals surface area contributed by atoms with Crippen molar-refractivity contribution < 1.29 is 9.53 Å². The van der Waals surface area contributed by atoms with Gasteiger partial charge in [0.15, 0.2) is 5.57 Å². The molecule has 21 heavy (non-hydrogen) atoms. The molecule has 1 rings (SSSR count). The van der Waals surface area contributed by atoms with Gasteiger partial charge in [-0.1, -0.05) is 15.9 Å². The molecule has 0 saturated carbocycles. The third kappa shape index (κ3) is 3.60. The van der Waals surface area contributed by atoms with Crippen LogP contribution in [0.15, 0.2) is 27.9 Å². The van der Waals surface area contributed by atoms with E-state index in [4.69, 9.17) is 15.8 Å². The highest BCUT2D eigenvalue weighted by Gasteiger charge is 2.16. The average Bonchev–Trinajstić information content (AvgIpc) is 2.49.